The number of benzene rings is 2. The number of aryl methyl sites for hydroxylation is 1. The molecule has 0 radical (unpaired) electrons. The van der Waals surface area contributed by atoms with Crippen molar-refractivity contribution in [3.05, 3.63) is 65.2 Å². The largest absolute Gasteiger partial charge is 0.379 e. The molecular formula is C18H14N2O5S2. The Morgan fingerprint density at radius 1 is 1.00 bits per heavy atom. The second kappa shape index (κ2) is 7.29. The van der Waals surface area contributed by atoms with Gasteiger partial charge in [0.2, 0.25) is 0 Å². The first-order chi connectivity index (χ1) is 12.7. The maximum atomic E-state index is 12.4. The van der Waals surface area contributed by atoms with Crippen molar-refractivity contribution in [2.45, 2.75) is 11.8 Å². The van der Waals surface area contributed by atoms with Gasteiger partial charge in [-0.25, -0.2) is 0 Å². The molecule has 0 unspecified atom stereocenters. The first-order valence-corrected chi connectivity index (χ1v) is 9.56. The van der Waals surface area contributed by atoms with Crippen LogP contribution in [0.2, 0.25) is 0 Å². The Morgan fingerprint density at radius 3 is 2.26 bits per heavy atom. The highest BCUT2D eigenvalue weighted by atomic mass is 32.2. The first-order valence-electron chi connectivity index (χ1n) is 7.74. The van der Waals surface area contributed by atoms with Crippen LogP contribution >= 0.6 is 12.2 Å². The zero-order chi connectivity index (χ0) is 19.6. The van der Waals surface area contributed by atoms with Gasteiger partial charge in [0.25, 0.3) is 11.8 Å². The summed E-state index contributed by atoms with van der Waals surface area (Å²) >= 11 is 4.73. The number of rotatable bonds is 4. The summed E-state index contributed by atoms with van der Waals surface area (Å²) in [6, 6.07) is 12.3. The topological polar surface area (TPSA) is 102 Å². The second-order valence-corrected chi connectivity index (χ2v) is 7.67. The molecular weight excluding hydrogens is 388 g/mol. The number of carbonyl (C=O) groups excluding carboxylic acids is 2. The molecule has 3 rings (SSSR count). The summed E-state index contributed by atoms with van der Waals surface area (Å²) in [5.74, 6) is -1.22. The average molecular weight is 402 g/mol. The minimum absolute atomic E-state index is 0.0245. The summed E-state index contributed by atoms with van der Waals surface area (Å²) < 4.78 is 29.9. The van der Waals surface area contributed by atoms with Crippen LogP contribution in [0, 0.1) is 6.92 Å². The van der Waals surface area contributed by atoms with E-state index in [1.54, 1.807) is 24.3 Å². The normalized spacial score (nSPS) is 14.4. The summed E-state index contributed by atoms with van der Waals surface area (Å²) in [5, 5.41) is 4.58. The highest BCUT2D eigenvalue weighted by Gasteiger charge is 2.25. The van der Waals surface area contributed by atoms with Gasteiger partial charge in [-0.3, -0.25) is 20.2 Å². The zero-order valence-corrected chi connectivity index (χ0v) is 15.7. The minimum atomic E-state index is -4.01. The lowest BCUT2D eigenvalue weighted by Crippen LogP contribution is -2.51. The van der Waals surface area contributed by atoms with E-state index in [0.29, 0.717) is 5.56 Å². The molecule has 138 valence electrons. The van der Waals surface area contributed by atoms with Crippen LogP contribution in [0.25, 0.3) is 6.08 Å². The maximum absolute atomic E-state index is 12.4. The van der Waals surface area contributed by atoms with Gasteiger partial charge in [-0.1, -0.05) is 29.8 Å². The predicted octanol–water partition coefficient (Wildman–Crippen LogP) is 1.68. The molecule has 1 aliphatic heterocycles. The van der Waals surface area contributed by atoms with Crippen LogP contribution < -0.4 is 14.8 Å². The Balaban J connectivity index is 1.87. The molecule has 9 heteroatoms. The van der Waals surface area contributed by atoms with Crippen molar-refractivity contribution in [1.29, 1.82) is 0 Å². The maximum Gasteiger partial charge on any atom is 0.339 e. The lowest BCUT2D eigenvalue weighted by Gasteiger charge is -2.16. The smallest absolute Gasteiger partial charge is 0.339 e. The Kier molecular flexibility index (Phi) is 5.06. The molecule has 1 aliphatic rings. The fourth-order valence-electron chi connectivity index (χ4n) is 2.31. The molecule has 0 spiro atoms. The molecule has 0 bridgehead atoms. The third-order valence-electron chi connectivity index (χ3n) is 3.63. The van der Waals surface area contributed by atoms with Crippen LogP contribution in [0.3, 0.4) is 0 Å². The molecule has 2 aromatic carbocycles. The van der Waals surface area contributed by atoms with E-state index >= 15 is 0 Å². The lowest BCUT2D eigenvalue weighted by molar-refractivity contribution is -0.123. The first kappa shape index (κ1) is 18.7. The molecule has 7 nitrogen and oxygen atoms in total. The predicted molar refractivity (Wildman–Crippen MR) is 102 cm³/mol. The summed E-state index contributed by atoms with van der Waals surface area (Å²) in [6.45, 7) is 1.85. The van der Waals surface area contributed by atoms with Crippen molar-refractivity contribution in [3.63, 3.8) is 0 Å². The van der Waals surface area contributed by atoms with Crippen LogP contribution in [0.1, 0.15) is 11.1 Å². The van der Waals surface area contributed by atoms with Gasteiger partial charge < -0.3 is 4.18 Å². The Labute approximate surface area is 161 Å². The van der Waals surface area contributed by atoms with Gasteiger partial charge in [0.1, 0.15) is 16.2 Å². The van der Waals surface area contributed by atoms with E-state index in [2.05, 4.69) is 10.6 Å². The standard InChI is InChI=1S/C18H14N2O5S2/c1-11-5-7-14(8-6-11)27(23,24)25-13-4-2-3-12(9-13)10-15-16(21)19-18(26)20-17(15)22/h2-10H,1H3,(H2,19,20,21,22,26). The lowest BCUT2D eigenvalue weighted by atomic mass is 10.1. The quantitative estimate of drug-likeness (QED) is 0.349. The Morgan fingerprint density at radius 2 is 1.63 bits per heavy atom. The van der Waals surface area contributed by atoms with E-state index in [9.17, 15) is 18.0 Å². The van der Waals surface area contributed by atoms with Crippen molar-refractivity contribution < 1.29 is 22.2 Å². The molecule has 2 N–H and O–H groups in total. The van der Waals surface area contributed by atoms with Crippen LogP contribution in [0.5, 0.6) is 5.75 Å². The van der Waals surface area contributed by atoms with E-state index in [4.69, 9.17) is 16.4 Å². The van der Waals surface area contributed by atoms with E-state index in [0.717, 1.165) is 5.56 Å². The van der Waals surface area contributed by atoms with Gasteiger partial charge in [-0.05, 0) is 55.0 Å². The molecule has 0 atom stereocenters. The van der Waals surface area contributed by atoms with Gasteiger partial charge in [-0.15, -0.1) is 0 Å². The summed E-state index contributed by atoms with van der Waals surface area (Å²) in [6.07, 6.45) is 1.32. The third kappa shape index (κ3) is 4.39. The molecule has 2 amide bonds. The molecule has 2 aromatic rings. The van der Waals surface area contributed by atoms with E-state index < -0.39 is 21.9 Å². The molecule has 0 saturated carbocycles. The number of thiocarbonyl (C=S) groups is 1. The minimum Gasteiger partial charge on any atom is -0.379 e. The number of hydrogen-bond donors (Lipinski definition) is 2. The highest BCUT2D eigenvalue weighted by molar-refractivity contribution is 7.87. The number of hydrogen-bond acceptors (Lipinski definition) is 6. The van der Waals surface area contributed by atoms with Gasteiger partial charge in [-0.2, -0.15) is 8.42 Å². The Bertz CT molecular complexity index is 1050. The van der Waals surface area contributed by atoms with Gasteiger partial charge in [0, 0.05) is 0 Å². The second-order valence-electron chi connectivity index (χ2n) is 5.72. The molecule has 0 aliphatic carbocycles. The van der Waals surface area contributed by atoms with E-state index in [1.165, 1.54) is 30.3 Å². The SMILES string of the molecule is Cc1ccc(S(=O)(=O)Oc2cccc(C=C3C(=O)NC(=S)NC3=O)c2)cc1. The van der Waals surface area contributed by atoms with E-state index in [-0.39, 0.29) is 21.3 Å². The summed E-state index contributed by atoms with van der Waals surface area (Å²) in [5.41, 5.74) is 1.19. The fourth-order valence-corrected chi connectivity index (χ4v) is 3.42. The van der Waals surface area contributed by atoms with Crippen molar-refractivity contribution in [3.8, 4) is 5.75 Å². The summed E-state index contributed by atoms with van der Waals surface area (Å²) in [4.78, 5) is 23.8. The van der Waals surface area contributed by atoms with Crippen LogP contribution in [-0.2, 0) is 19.7 Å². The average Bonchev–Trinajstić information content (AvgIpc) is 2.58. The monoisotopic (exact) mass is 402 g/mol. The molecule has 27 heavy (non-hydrogen) atoms. The van der Waals surface area contributed by atoms with Gasteiger partial charge in [0.05, 0.1) is 0 Å². The van der Waals surface area contributed by atoms with Gasteiger partial charge >= 0.3 is 10.1 Å². The van der Waals surface area contributed by atoms with Crippen molar-refractivity contribution >= 4 is 45.3 Å². The number of carbonyl (C=O) groups is 2. The highest BCUT2D eigenvalue weighted by Crippen LogP contribution is 2.21. The van der Waals surface area contributed by atoms with Crippen molar-refractivity contribution in [2.75, 3.05) is 0 Å². The molecule has 1 heterocycles. The van der Waals surface area contributed by atoms with Crippen LogP contribution in [0.4, 0.5) is 0 Å². The van der Waals surface area contributed by atoms with Crippen molar-refractivity contribution in [1.82, 2.24) is 10.6 Å². The zero-order valence-electron chi connectivity index (χ0n) is 14.1. The van der Waals surface area contributed by atoms with Crippen LogP contribution in [0.15, 0.2) is 59.0 Å². The summed E-state index contributed by atoms with van der Waals surface area (Å²) in [7, 11) is -4.01. The molecule has 1 saturated heterocycles. The van der Waals surface area contributed by atoms with Gasteiger partial charge in [0.15, 0.2) is 5.11 Å². The number of nitrogens with one attached hydrogen (secondary N) is 2. The van der Waals surface area contributed by atoms with E-state index in [1.807, 2.05) is 6.92 Å². The molecule has 1 fully saturated rings. The van der Waals surface area contributed by atoms with Crippen LogP contribution in [-0.4, -0.2) is 25.3 Å². The van der Waals surface area contributed by atoms with Crippen molar-refractivity contribution in [2.24, 2.45) is 0 Å². The fraction of sp³-hybridized carbons (Fsp3) is 0.0556. The Hall–Kier alpha value is -3.04. The third-order valence-corrected chi connectivity index (χ3v) is 5.09. The number of amides is 2. The molecule has 0 aromatic heterocycles.